The average Bonchev–Trinajstić information content (AvgIpc) is 3.23. The summed E-state index contributed by atoms with van der Waals surface area (Å²) in [6.07, 6.45) is 5.82. The van der Waals surface area contributed by atoms with Gasteiger partial charge in [-0.15, -0.1) is 0 Å². The van der Waals surface area contributed by atoms with Gasteiger partial charge in [0.1, 0.15) is 5.82 Å². The number of hydrogen-bond acceptors (Lipinski definition) is 3. The van der Waals surface area contributed by atoms with Gasteiger partial charge in [0.2, 0.25) is 5.91 Å². The monoisotopic (exact) mass is 331 g/mol. The van der Waals surface area contributed by atoms with E-state index in [0.29, 0.717) is 19.6 Å². The van der Waals surface area contributed by atoms with Crippen molar-refractivity contribution in [3.8, 4) is 0 Å². The third-order valence-electron chi connectivity index (χ3n) is 4.21. The van der Waals surface area contributed by atoms with E-state index in [1.807, 2.05) is 13.1 Å². The Hall–Kier alpha value is -2.21. The van der Waals surface area contributed by atoms with E-state index in [0.717, 1.165) is 24.0 Å². The molecular weight excluding hydrogens is 309 g/mol. The van der Waals surface area contributed by atoms with Gasteiger partial charge in [-0.1, -0.05) is 12.1 Å². The van der Waals surface area contributed by atoms with Crippen molar-refractivity contribution in [1.82, 2.24) is 15.1 Å². The number of ether oxygens (including phenoxy) is 1. The highest BCUT2D eigenvalue weighted by molar-refractivity contribution is 5.76. The van der Waals surface area contributed by atoms with Crippen LogP contribution in [0.15, 0.2) is 36.7 Å². The molecule has 0 spiro atoms. The van der Waals surface area contributed by atoms with E-state index >= 15 is 0 Å². The first-order chi connectivity index (χ1) is 11.6. The largest absolute Gasteiger partial charge is 0.376 e. The molecule has 1 aliphatic rings. The van der Waals surface area contributed by atoms with Crippen molar-refractivity contribution in [1.29, 1.82) is 0 Å². The van der Waals surface area contributed by atoms with Crippen LogP contribution >= 0.6 is 0 Å². The van der Waals surface area contributed by atoms with Crippen molar-refractivity contribution in [2.45, 2.75) is 44.9 Å². The number of hydrogen-bond donors (Lipinski definition) is 1. The highest BCUT2D eigenvalue weighted by Crippen LogP contribution is 2.27. The smallest absolute Gasteiger partial charge is 0.222 e. The predicted octanol–water partition coefficient (Wildman–Crippen LogP) is 2.76. The molecule has 3 rings (SSSR count). The summed E-state index contributed by atoms with van der Waals surface area (Å²) in [4.78, 5) is 12.3. The first-order valence-corrected chi connectivity index (χ1v) is 8.27. The molecule has 1 saturated heterocycles. The van der Waals surface area contributed by atoms with Crippen molar-refractivity contribution in [3.05, 3.63) is 53.6 Å². The van der Waals surface area contributed by atoms with Crippen LogP contribution in [0.4, 0.5) is 4.39 Å². The van der Waals surface area contributed by atoms with Crippen LogP contribution < -0.4 is 5.32 Å². The lowest BCUT2D eigenvalue weighted by Crippen LogP contribution is -2.36. The SMILES string of the molecule is Cc1cnn(CCC(=O)NC(c2ccc(F)cc2)C2CCCO2)c1. The molecule has 5 nitrogen and oxygen atoms in total. The Morgan fingerprint density at radius 2 is 2.25 bits per heavy atom. The zero-order valence-corrected chi connectivity index (χ0v) is 13.7. The molecule has 2 heterocycles. The van der Waals surface area contributed by atoms with Gasteiger partial charge in [0.05, 0.1) is 18.3 Å². The van der Waals surface area contributed by atoms with E-state index < -0.39 is 0 Å². The van der Waals surface area contributed by atoms with Crippen molar-refractivity contribution in [2.24, 2.45) is 0 Å². The van der Waals surface area contributed by atoms with Crippen LogP contribution in [0.25, 0.3) is 0 Å². The topological polar surface area (TPSA) is 56.2 Å². The lowest BCUT2D eigenvalue weighted by molar-refractivity contribution is -0.123. The van der Waals surface area contributed by atoms with Gasteiger partial charge in [0.25, 0.3) is 0 Å². The molecule has 24 heavy (non-hydrogen) atoms. The quantitative estimate of drug-likeness (QED) is 0.885. The van der Waals surface area contributed by atoms with E-state index in [1.165, 1.54) is 12.1 Å². The fourth-order valence-corrected chi connectivity index (χ4v) is 2.98. The standard InChI is InChI=1S/C18H22FN3O2/c1-13-11-20-22(12-13)9-8-17(23)21-18(16-3-2-10-24-16)14-4-6-15(19)7-5-14/h4-7,11-12,16,18H,2-3,8-10H2,1H3,(H,21,23). The second kappa shape index (κ2) is 7.57. The van der Waals surface area contributed by atoms with E-state index in [9.17, 15) is 9.18 Å². The zero-order chi connectivity index (χ0) is 16.9. The summed E-state index contributed by atoms with van der Waals surface area (Å²) >= 11 is 0. The number of halogens is 1. The molecule has 0 aliphatic carbocycles. The van der Waals surface area contributed by atoms with E-state index in [-0.39, 0.29) is 23.9 Å². The zero-order valence-electron chi connectivity index (χ0n) is 13.7. The molecule has 1 amide bonds. The summed E-state index contributed by atoms with van der Waals surface area (Å²) in [5, 5.41) is 7.23. The highest BCUT2D eigenvalue weighted by Gasteiger charge is 2.28. The van der Waals surface area contributed by atoms with Crippen LogP contribution in [0, 0.1) is 12.7 Å². The van der Waals surface area contributed by atoms with Crippen molar-refractivity contribution < 1.29 is 13.9 Å². The molecule has 2 unspecified atom stereocenters. The lowest BCUT2D eigenvalue weighted by atomic mass is 9.99. The molecule has 1 fully saturated rings. The second-order valence-corrected chi connectivity index (χ2v) is 6.18. The minimum Gasteiger partial charge on any atom is -0.376 e. The lowest BCUT2D eigenvalue weighted by Gasteiger charge is -2.25. The number of carbonyl (C=O) groups excluding carboxylic acids is 1. The number of nitrogens with zero attached hydrogens (tertiary/aromatic N) is 2. The molecular formula is C18H22FN3O2. The molecule has 6 heteroatoms. The highest BCUT2D eigenvalue weighted by atomic mass is 19.1. The molecule has 0 radical (unpaired) electrons. The number of aromatic nitrogens is 2. The van der Waals surface area contributed by atoms with Crippen molar-refractivity contribution >= 4 is 5.91 Å². The van der Waals surface area contributed by atoms with Crippen molar-refractivity contribution in [2.75, 3.05) is 6.61 Å². The predicted molar refractivity (Wildman–Crippen MR) is 87.8 cm³/mol. The minimum atomic E-state index is -0.287. The van der Waals surface area contributed by atoms with Crippen LogP contribution in [0.1, 0.15) is 36.4 Å². The number of rotatable bonds is 6. The Bertz CT molecular complexity index is 678. The third kappa shape index (κ3) is 4.20. The van der Waals surface area contributed by atoms with Gasteiger partial charge in [-0.05, 0) is 43.0 Å². The maximum Gasteiger partial charge on any atom is 0.222 e. The van der Waals surface area contributed by atoms with Gasteiger partial charge < -0.3 is 10.1 Å². The number of benzene rings is 1. The van der Waals surface area contributed by atoms with E-state index in [1.54, 1.807) is 23.0 Å². The van der Waals surface area contributed by atoms with Crippen LogP contribution in [0.2, 0.25) is 0 Å². The minimum absolute atomic E-state index is 0.0621. The average molecular weight is 331 g/mol. The molecule has 128 valence electrons. The fourth-order valence-electron chi connectivity index (χ4n) is 2.98. The van der Waals surface area contributed by atoms with Crippen LogP contribution in [0.3, 0.4) is 0 Å². The molecule has 0 bridgehead atoms. The maximum absolute atomic E-state index is 13.2. The first-order valence-electron chi connectivity index (χ1n) is 8.27. The van der Waals surface area contributed by atoms with Gasteiger partial charge in [-0.25, -0.2) is 4.39 Å². The Labute approximate surface area is 140 Å². The number of aryl methyl sites for hydroxylation is 2. The Kier molecular flexibility index (Phi) is 5.25. The van der Waals surface area contributed by atoms with Gasteiger partial charge >= 0.3 is 0 Å². The summed E-state index contributed by atoms with van der Waals surface area (Å²) in [5.41, 5.74) is 1.94. The molecule has 1 aromatic carbocycles. The summed E-state index contributed by atoms with van der Waals surface area (Å²) in [5.74, 6) is -0.349. The van der Waals surface area contributed by atoms with Crippen molar-refractivity contribution in [3.63, 3.8) is 0 Å². The van der Waals surface area contributed by atoms with Gasteiger partial charge in [0, 0.05) is 25.8 Å². The normalized spacial score (nSPS) is 18.5. The molecule has 0 saturated carbocycles. The molecule has 2 aromatic rings. The number of carbonyl (C=O) groups is 1. The van der Waals surface area contributed by atoms with Gasteiger partial charge in [-0.3, -0.25) is 9.48 Å². The summed E-state index contributed by atoms with van der Waals surface area (Å²) in [6.45, 7) is 3.19. The second-order valence-electron chi connectivity index (χ2n) is 6.18. The first kappa shape index (κ1) is 16.6. The molecule has 2 atom stereocenters. The summed E-state index contributed by atoms with van der Waals surface area (Å²) in [6, 6.07) is 5.99. The maximum atomic E-state index is 13.2. The number of nitrogens with one attached hydrogen (secondary N) is 1. The number of amides is 1. The molecule has 1 aliphatic heterocycles. The Morgan fingerprint density at radius 3 is 2.88 bits per heavy atom. The molecule has 1 aromatic heterocycles. The van der Waals surface area contributed by atoms with Crippen LogP contribution in [-0.2, 0) is 16.1 Å². The summed E-state index contributed by atoms with van der Waals surface area (Å²) < 4.78 is 20.7. The van der Waals surface area contributed by atoms with E-state index in [4.69, 9.17) is 4.74 Å². The van der Waals surface area contributed by atoms with Crippen LogP contribution in [0.5, 0.6) is 0 Å². The van der Waals surface area contributed by atoms with Crippen LogP contribution in [-0.4, -0.2) is 28.4 Å². The fraction of sp³-hybridized carbons (Fsp3) is 0.444. The van der Waals surface area contributed by atoms with Gasteiger partial charge in [-0.2, -0.15) is 5.10 Å². The van der Waals surface area contributed by atoms with Gasteiger partial charge in [0.15, 0.2) is 0 Å². The Balaban J connectivity index is 1.64. The molecule has 1 N–H and O–H groups in total. The Morgan fingerprint density at radius 1 is 1.46 bits per heavy atom. The van der Waals surface area contributed by atoms with E-state index in [2.05, 4.69) is 10.4 Å². The summed E-state index contributed by atoms with van der Waals surface area (Å²) in [7, 11) is 0. The third-order valence-corrected chi connectivity index (χ3v) is 4.21.